The summed E-state index contributed by atoms with van der Waals surface area (Å²) in [6, 6.07) is 10.1. The Hall–Kier alpha value is -2.41. The third-order valence-electron chi connectivity index (χ3n) is 3.62. The van der Waals surface area contributed by atoms with Crippen LogP contribution in [0.2, 0.25) is 0 Å². The highest BCUT2D eigenvalue weighted by Gasteiger charge is 2.25. The summed E-state index contributed by atoms with van der Waals surface area (Å²) in [5.74, 6) is -0.574. The molecule has 1 aromatic carbocycles. The summed E-state index contributed by atoms with van der Waals surface area (Å²) in [6.45, 7) is -0.128. The zero-order valence-corrected chi connectivity index (χ0v) is 14.4. The second kappa shape index (κ2) is 7.00. The lowest BCUT2D eigenvalue weighted by molar-refractivity contribution is -0.116. The number of aromatic nitrogens is 1. The van der Waals surface area contributed by atoms with E-state index in [2.05, 4.69) is 26.6 Å². The highest BCUT2D eigenvalue weighted by Crippen LogP contribution is 2.21. The summed E-state index contributed by atoms with van der Waals surface area (Å²) in [7, 11) is 0. The van der Waals surface area contributed by atoms with E-state index in [1.54, 1.807) is 36.5 Å². The second-order valence-corrected chi connectivity index (χ2v) is 6.57. The van der Waals surface area contributed by atoms with Crippen molar-refractivity contribution >= 4 is 33.4 Å². The molecule has 1 aliphatic carbocycles. The summed E-state index contributed by atoms with van der Waals surface area (Å²) < 4.78 is 2.01. The molecule has 124 valence electrons. The number of hydrogen-bond donors (Lipinski definition) is 2. The Balaban J connectivity index is 1.73. The molecule has 2 aromatic rings. The summed E-state index contributed by atoms with van der Waals surface area (Å²) in [5.41, 5.74) is 0.580. The number of carbonyl (C=O) groups is 2. The molecule has 0 atom stereocenters. The number of para-hydroxylation sites is 1. The average molecular weight is 390 g/mol. The van der Waals surface area contributed by atoms with Crippen molar-refractivity contribution in [1.29, 1.82) is 0 Å². The molecule has 2 amide bonds. The van der Waals surface area contributed by atoms with Gasteiger partial charge in [0.15, 0.2) is 0 Å². The van der Waals surface area contributed by atoms with Gasteiger partial charge in [-0.3, -0.25) is 14.4 Å². The van der Waals surface area contributed by atoms with Crippen LogP contribution in [0.5, 0.6) is 0 Å². The zero-order valence-electron chi connectivity index (χ0n) is 12.8. The molecule has 2 N–H and O–H groups in total. The number of benzene rings is 1. The predicted octanol–water partition coefficient (Wildman–Crippen LogP) is 2.14. The standard InChI is InChI=1S/C17H16BrN3O3/c18-11-5-8-16(23)21(9-11)10-15(22)20-14-4-2-1-3-13(14)17(24)19-12-6-7-12/h1-5,8-9,12H,6-7,10H2,(H,19,24)(H,20,22). The van der Waals surface area contributed by atoms with Crippen LogP contribution in [0, 0.1) is 0 Å². The molecule has 1 heterocycles. The van der Waals surface area contributed by atoms with Gasteiger partial charge in [0.2, 0.25) is 5.91 Å². The first-order chi connectivity index (χ1) is 11.5. The molecule has 1 aromatic heterocycles. The van der Waals surface area contributed by atoms with Gasteiger partial charge >= 0.3 is 0 Å². The molecular formula is C17H16BrN3O3. The molecule has 1 aliphatic rings. The monoisotopic (exact) mass is 389 g/mol. The average Bonchev–Trinajstić information content (AvgIpc) is 3.35. The smallest absolute Gasteiger partial charge is 0.253 e. The lowest BCUT2D eigenvalue weighted by atomic mass is 10.1. The topological polar surface area (TPSA) is 80.2 Å². The molecule has 1 saturated carbocycles. The molecule has 0 bridgehead atoms. The first-order valence-electron chi connectivity index (χ1n) is 7.58. The first kappa shape index (κ1) is 16.4. The Kier molecular flexibility index (Phi) is 4.80. The Labute approximate surface area is 147 Å². The number of halogens is 1. The fourth-order valence-electron chi connectivity index (χ4n) is 2.25. The quantitative estimate of drug-likeness (QED) is 0.821. The third kappa shape index (κ3) is 4.11. The molecule has 0 aliphatic heterocycles. The van der Waals surface area contributed by atoms with Gasteiger partial charge < -0.3 is 15.2 Å². The third-order valence-corrected chi connectivity index (χ3v) is 4.09. The van der Waals surface area contributed by atoms with Gasteiger partial charge in [0.1, 0.15) is 6.54 Å². The van der Waals surface area contributed by atoms with Crippen molar-refractivity contribution in [3.05, 3.63) is 63.0 Å². The summed E-state index contributed by atoms with van der Waals surface area (Å²) in [4.78, 5) is 36.2. The van der Waals surface area contributed by atoms with E-state index in [1.165, 1.54) is 10.6 Å². The number of anilines is 1. The van der Waals surface area contributed by atoms with Crippen LogP contribution in [0.25, 0.3) is 0 Å². The van der Waals surface area contributed by atoms with Crippen molar-refractivity contribution < 1.29 is 9.59 Å². The van der Waals surface area contributed by atoms with Crippen molar-refractivity contribution in [3.8, 4) is 0 Å². The number of carbonyl (C=O) groups excluding carboxylic acids is 2. The first-order valence-corrected chi connectivity index (χ1v) is 8.38. The maximum absolute atomic E-state index is 12.2. The number of nitrogens with one attached hydrogen (secondary N) is 2. The highest BCUT2D eigenvalue weighted by atomic mass is 79.9. The van der Waals surface area contributed by atoms with Crippen molar-refractivity contribution in [3.63, 3.8) is 0 Å². The molecule has 3 rings (SSSR count). The van der Waals surface area contributed by atoms with E-state index in [4.69, 9.17) is 0 Å². The molecule has 0 unspecified atom stereocenters. The summed E-state index contributed by atoms with van der Waals surface area (Å²) >= 11 is 3.27. The number of hydrogen-bond acceptors (Lipinski definition) is 3. The zero-order chi connectivity index (χ0) is 17.1. The summed E-state index contributed by atoms with van der Waals surface area (Å²) in [5, 5.41) is 5.60. The minimum absolute atomic E-state index is 0.128. The van der Waals surface area contributed by atoms with Crippen LogP contribution in [0.4, 0.5) is 5.69 Å². The minimum atomic E-state index is -0.373. The number of nitrogens with zero attached hydrogens (tertiary/aromatic N) is 1. The molecule has 7 heteroatoms. The van der Waals surface area contributed by atoms with Crippen molar-refractivity contribution in [2.75, 3.05) is 5.32 Å². The lowest BCUT2D eigenvalue weighted by Crippen LogP contribution is -2.29. The van der Waals surface area contributed by atoms with Gasteiger partial charge in [0, 0.05) is 22.8 Å². The van der Waals surface area contributed by atoms with Crippen molar-refractivity contribution in [2.24, 2.45) is 0 Å². The molecule has 1 fully saturated rings. The van der Waals surface area contributed by atoms with E-state index in [9.17, 15) is 14.4 Å². The highest BCUT2D eigenvalue weighted by molar-refractivity contribution is 9.10. The number of rotatable bonds is 5. The maximum Gasteiger partial charge on any atom is 0.253 e. The normalized spacial score (nSPS) is 13.4. The van der Waals surface area contributed by atoms with Crippen LogP contribution < -0.4 is 16.2 Å². The largest absolute Gasteiger partial charge is 0.349 e. The Morgan fingerprint density at radius 1 is 1.17 bits per heavy atom. The van der Waals surface area contributed by atoms with Gasteiger partial charge in [0.05, 0.1) is 11.3 Å². The van der Waals surface area contributed by atoms with E-state index >= 15 is 0 Å². The van der Waals surface area contributed by atoms with Crippen LogP contribution in [-0.4, -0.2) is 22.4 Å². The fraction of sp³-hybridized carbons (Fsp3) is 0.235. The maximum atomic E-state index is 12.2. The molecule has 0 spiro atoms. The predicted molar refractivity (Wildman–Crippen MR) is 94.0 cm³/mol. The van der Waals surface area contributed by atoms with Gasteiger partial charge in [0.25, 0.3) is 11.5 Å². The van der Waals surface area contributed by atoms with E-state index in [0.29, 0.717) is 15.7 Å². The Bertz CT molecular complexity index is 843. The number of amides is 2. The van der Waals surface area contributed by atoms with Gasteiger partial charge in [-0.05, 0) is 47.0 Å². The number of pyridine rings is 1. The van der Waals surface area contributed by atoms with Crippen LogP contribution in [0.15, 0.2) is 51.9 Å². The lowest BCUT2D eigenvalue weighted by Gasteiger charge is -2.12. The SMILES string of the molecule is O=C(Cn1cc(Br)ccc1=O)Nc1ccccc1C(=O)NC1CC1. The van der Waals surface area contributed by atoms with E-state index in [-0.39, 0.29) is 30.0 Å². The van der Waals surface area contributed by atoms with Gasteiger partial charge in [-0.25, -0.2) is 0 Å². The molecule has 6 nitrogen and oxygen atoms in total. The van der Waals surface area contributed by atoms with Crippen LogP contribution in [0.3, 0.4) is 0 Å². The Morgan fingerprint density at radius 3 is 2.67 bits per heavy atom. The van der Waals surface area contributed by atoms with Crippen molar-refractivity contribution in [2.45, 2.75) is 25.4 Å². The van der Waals surface area contributed by atoms with E-state index in [0.717, 1.165) is 12.8 Å². The van der Waals surface area contributed by atoms with Gasteiger partial charge in [-0.2, -0.15) is 0 Å². The molecule has 0 radical (unpaired) electrons. The Morgan fingerprint density at radius 2 is 1.92 bits per heavy atom. The van der Waals surface area contributed by atoms with Gasteiger partial charge in [-0.1, -0.05) is 12.1 Å². The van der Waals surface area contributed by atoms with E-state index in [1.807, 2.05) is 0 Å². The van der Waals surface area contributed by atoms with E-state index < -0.39 is 0 Å². The fourth-order valence-corrected chi connectivity index (χ4v) is 2.63. The van der Waals surface area contributed by atoms with Gasteiger partial charge in [-0.15, -0.1) is 0 Å². The molecular weight excluding hydrogens is 374 g/mol. The van der Waals surface area contributed by atoms with Crippen LogP contribution >= 0.6 is 15.9 Å². The second-order valence-electron chi connectivity index (χ2n) is 5.65. The van der Waals surface area contributed by atoms with Crippen LogP contribution in [-0.2, 0) is 11.3 Å². The van der Waals surface area contributed by atoms with Crippen LogP contribution in [0.1, 0.15) is 23.2 Å². The molecule has 24 heavy (non-hydrogen) atoms. The van der Waals surface area contributed by atoms with Crippen molar-refractivity contribution in [1.82, 2.24) is 9.88 Å². The summed E-state index contributed by atoms with van der Waals surface area (Å²) in [6.07, 6.45) is 3.53. The minimum Gasteiger partial charge on any atom is -0.349 e. The molecule has 0 saturated heterocycles.